The minimum Gasteiger partial charge on any atom is -0.353 e. The first-order valence-corrected chi connectivity index (χ1v) is 29.5. The molecule has 0 aliphatic carbocycles. The van der Waals surface area contributed by atoms with Crippen molar-refractivity contribution in [2.45, 2.75) is 162 Å². The van der Waals surface area contributed by atoms with E-state index in [9.17, 15) is 43.2 Å². The number of likely N-dealkylation sites (N-methyl/N-ethyl adjacent to an activating group) is 1. The van der Waals surface area contributed by atoms with Gasteiger partial charge in [-0.05, 0) is 85.8 Å². The van der Waals surface area contributed by atoms with Crippen molar-refractivity contribution in [1.29, 1.82) is 0 Å². The third-order valence-corrected chi connectivity index (χ3v) is 15.8. The number of nitrogens with zero attached hydrogens (tertiary/aromatic N) is 2. The van der Waals surface area contributed by atoms with Crippen molar-refractivity contribution in [3.05, 3.63) is 108 Å². The van der Waals surface area contributed by atoms with Gasteiger partial charge in [0.25, 0.3) is 0 Å². The van der Waals surface area contributed by atoms with Crippen LogP contribution in [0.5, 0.6) is 0 Å². The van der Waals surface area contributed by atoms with E-state index in [-0.39, 0.29) is 69.2 Å². The summed E-state index contributed by atoms with van der Waals surface area (Å²) in [7, 11) is 1.53. The Labute approximate surface area is 477 Å². The van der Waals surface area contributed by atoms with E-state index in [1.165, 1.54) is 28.6 Å². The highest BCUT2D eigenvalue weighted by molar-refractivity contribution is 7.99. The molecular formula is C61H87N9O9S. The number of amides is 9. The summed E-state index contributed by atoms with van der Waals surface area (Å²) in [5, 5.41) is 20.4. The zero-order valence-electron chi connectivity index (χ0n) is 48.5. The third-order valence-electron chi connectivity index (χ3n) is 14.8. The molecule has 2 fully saturated rings. The summed E-state index contributed by atoms with van der Waals surface area (Å²) in [6.07, 6.45) is 1.89. The van der Waals surface area contributed by atoms with Crippen LogP contribution in [0.25, 0.3) is 0 Å². The number of fused-ring (bicyclic) bond motifs is 1. The SMILES string of the molecule is CC(C)C[C@@H]1NC(=O)[C@H](C(C)C)NC(=O)[C@]2(C)CCCN2C(=O)[C@H](C(C)C)NC(=O)[C@H](Cc2ccccc2)NC(=O)CSCCNC(=O)[C@H](Cc2ccccc2)N(C)C(=O)[C@H](CC(C)C)NC(=O)[C@H](CCc2ccccc2)NC1=O. The molecule has 2 saturated heterocycles. The molecule has 436 valence electrons. The third kappa shape index (κ3) is 18.7. The van der Waals surface area contributed by atoms with Gasteiger partial charge in [-0.25, -0.2) is 0 Å². The zero-order valence-corrected chi connectivity index (χ0v) is 49.3. The van der Waals surface area contributed by atoms with Crippen molar-refractivity contribution in [2.75, 3.05) is 31.6 Å². The molecule has 8 atom stereocenters. The lowest BCUT2D eigenvalue weighted by Crippen LogP contribution is -2.64. The molecule has 0 saturated carbocycles. The van der Waals surface area contributed by atoms with Gasteiger partial charge in [-0.3, -0.25) is 43.2 Å². The lowest BCUT2D eigenvalue weighted by atomic mass is 9.93. The van der Waals surface area contributed by atoms with E-state index in [4.69, 9.17) is 0 Å². The van der Waals surface area contributed by atoms with E-state index in [0.29, 0.717) is 18.6 Å². The highest BCUT2D eigenvalue weighted by atomic mass is 32.2. The maximum Gasteiger partial charge on any atom is 0.246 e. The summed E-state index contributed by atoms with van der Waals surface area (Å²) in [5.41, 5.74) is 1.04. The van der Waals surface area contributed by atoms with Crippen molar-refractivity contribution < 1.29 is 43.2 Å². The number of benzene rings is 3. The molecule has 5 rings (SSSR count). The number of thioether (sulfide) groups is 1. The van der Waals surface area contributed by atoms with Crippen molar-refractivity contribution in [2.24, 2.45) is 23.7 Å². The van der Waals surface area contributed by atoms with E-state index in [1.807, 2.05) is 119 Å². The summed E-state index contributed by atoms with van der Waals surface area (Å²) in [4.78, 5) is 133. The molecule has 0 bridgehead atoms. The van der Waals surface area contributed by atoms with Gasteiger partial charge >= 0.3 is 0 Å². The number of nitrogens with one attached hydrogen (secondary N) is 7. The van der Waals surface area contributed by atoms with E-state index < -0.39 is 113 Å². The van der Waals surface area contributed by atoms with Crippen LogP contribution < -0.4 is 37.2 Å². The second kappa shape index (κ2) is 30.7. The van der Waals surface area contributed by atoms with Crippen LogP contribution in [0.1, 0.15) is 111 Å². The van der Waals surface area contributed by atoms with E-state index in [1.54, 1.807) is 34.6 Å². The summed E-state index contributed by atoms with van der Waals surface area (Å²) in [5.74, 6) is -5.86. The van der Waals surface area contributed by atoms with Crippen LogP contribution in [0.4, 0.5) is 0 Å². The molecule has 3 aromatic rings. The molecule has 7 N–H and O–H groups in total. The minimum atomic E-state index is -1.43. The van der Waals surface area contributed by atoms with Gasteiger partial charge in [0.15, 0.2) is 0 Å². The fourth-order valence-electron chi connectivity index (χ4n) is 10.2. The standard InChI is InChI=1S/C61H87N9O9S/c1-38(2)33-46-54(73)64-45(28-27-42-21-14-11-15-22-42)53(72)66-48(34-39(3)4)58(77)69(10)49(36-44-25-18-13-19-26-44)56(75)62-30-32-80-37-50(71)63-47(35-43-23-16-12-17-24-43)55(74)67-52(41(7)8)59(78)70-31-20-29-61(70,9)60(79)68-51(40(5)6)57(76)65-46/h11-19,21-26,38-41,45-49,51-52H,20,27-37H2,1-10H3,(H,62,75)(H,63,71)(H,64,73)(H,65,76)(H,66,72)(H,67,74)(H,68,79)/t45-,46-,47-,48-,49-,51-,52-,61-/m0/s1. The quantitative estimate of drug-likeness (QED) is 0.127. The number of carbonyl (C=O) groups is 9. The Morgan fingerprint density at radius 2 is 1.06 bits per heavy atom. The topological polar surface area (TPSA) is 244 Å². The first kappa shape index (κ1) is 64.1. The molecule has 2 heterocycles. The van der Waals surface area contributed by atoms with Crippen LogP contribution in [0, 0.1) is 23.7 Å². The Morgan fingerprint density at radius 3 is 1.64 bits per heavy atom. The van der Waals surface area contributed by atoms with Crippen LogP contribution in [0.2, 0.25) is 0 Å². The molecule has 19 heteroatoms. The summed E-state index contributed by atoms with van der Waals surface area (Å²) in [6, 6.07) is 20.1. The van der Waals surface area contributed by atoms with Crippen molar-refractivity contribution in [3.63, 3.8) is 0 Å². The van der Waals surface area contributed by atoms with Gasteiger partial charge < -0.3 is 47.0 Å². The van der Waals surface area contributed by atoms with Gasteiger partial charge in [0.05, 0.1) is 5.75 Å². The van der Waals surface area contributed by atoms with Gasteiger partial charge in [0, 0.05) is 38.7 Å². The minimum absolute atomic E-state index is 0.0643. The van der Waals surface area contributed by atoms with Crippen molar-refractivity contribution in [3.8, 4) is 0 Å². The van der Waals surface area contributed by atoms with Gasteiger partial charge in [-0.15, -0.1) is 0 Å². The second-order valence-electron chi connectivity index (χ2n) is 23.1. The number of carbonyl (C=O) groups excluding carboxylic acids is 9. The van der Waals surface area contributed by atoms with Crippen LogP contribution in [-0.4, -0.2) is 142 Å². The highest BCUT2D eigenvalue weighted by Crippen LogP contribution is 2.31. The van der Waals surface area contributed by atoms with Crippen LogP contribution in [0.15, 0.2) is 91.0 Å². The Balaban J connectivity index is 1.53. The van der Waals surface area contributed by atoms with Gasteiger partial charge in [-0.1, -0.05) is 146 Å². The Kier molecular flexibility index (Phi) is 24.6. The van der Waals surface area contributed by atoms with Crippen LogP contribution in [0.3, 0.4) is 0 Å². The predicted octanol–water partition coefficient (Wildman–Crippen LogP) is 4.49. The number of hydrogen-bond acceptors (Lipinski definition) is 10. The average Bonchev–Trinajstić information content (AvgIpc) is 3.83. The van der Waals surface area contributed by atoms with Crippen LogP contribution in [-0.2, 0) is 62.4 Å². The van der Waals surface area contributed by atoms with Gasteiger partial charge in [0.2, 0.25) is 53.2 Å². The molecule has 2 aliphatic heterocycles. The van der Waals surface area contributed by atoms with E-state index >= 15 is 0 Å². The lowest BCUT2D eigenvalue weighted by Gasteiger charge is -2.38. The Hall–Kier alpha value is -6.76. The molecular weight excluding hydrogens is 1030 g/mol. The molecule has 3 aromatic carbocycles. The molecule has 0 spiro atoms. The molecule has 80 heavy (non-hydrogen) atoms. The molecule has 2 aliphatic rings. The molecule has 0 unspecified atom stereocenters. The fraction of sp³-hybridized carbons (Fsp3) is 0.557. The number of hydrogen-bond donors (Lipinski definition) is 7. The molecule has 18 nitrogen and oxygen atoms in total. The summed E-state index contributed by atoms with van der Waals surface area (Å²) in [6.45, 7) is 16.7. The largest absolute Gasteiger partial charge is 0.353 e. The highest BCUT2D eigenvalue weighted by Gasteiger charge is 2.49. The monoisotopic (exact) mass is 1120 g/mol. The first-order chi connectivity index (χ1) is 38.0. The van der Waals surface area contributed by atoms with Gasteiger partial charge in [0.1, 0.15) is 47.8 Å². The normalized spacial score (nSPS) is 25.3. The summed E-state index contributed by atoms with van der Waals surface area (Å²) < 4.78 is 0. The van der Waals surface area contributed by atoms with Crippen LogP contribution >= 0.6 is 11.8 Å². The smallest absolute Gasteiger partial charge is 0.246 e. The van der Waals surface area contributed by atoms with E-state index in [0.717, 1.165) is 16.7 Å². The summed E-state index contributed by atoms with van der Waals surface area (Å²) >= 11 is 1.24. The van der Waals surface area contributed by atoms with Crippen molar-refractivity contribution in [1.82, 2.24) is 47.0 Å². The second-order valence-corrected chi connectivity index (χ2v) is 24.2. The molecule has 0 aromatic heterocycles. The Morgan fingerprint density at radius 1 is 0.550 bits per heavy atom. The number of aryl methyl sites for hydroxylation is 1. The van der Waals surface area contributed by atoms with E-state index in [2.05, 4.69) is 37.2 Å². The fourth-order valence-corrected chi connectivity index (χ4v) is 10.9. The molecule has 0 radical (unpaired) electrons. The Bertz CT molecular complexity index is 2570. The lowest BCUT2D eigenvalue weighted by molar-refractivity contribution is -0.148. The zero-order chi connectivity index (χ0) is 58.7. The van der Waals surface area contributed by atoms with Gasteiger partial charge in [-0.2, -0.15) is 11.8 Å². The maximum absolute atomic E-state index is 14.8. The molecule has 9 amide bonds. The predicted molar refractivity (Wildman–Crippen MR) is 311 cm³/mol. The first-order valence-electron chi connectivity index (χ1n) is 28.4. The average molecular weight is 1120 g/mol. The number of rotatable bonds is 13. The van der Waals surface area contributed by atoms with Crippen molar-refractivity contribution >= 4 is 64.9 Å². The maximum atomic E-state index is 14.8.